The van der Waals surface area contributed by atoms with Crippen LogP contribution in [0.1, 0.15) is 44.5 Å². The Labute approximate surface area is 365 Å². The summed E-state index contributed by atoms with van der Waals surface area (Å²) in [5, 5.41) is 7.21. The molecule has 1 heteroatoms. The van der Waals surface area contributed by atoms with E-state index in [-0.39, 0.29) is 0 Å². The topological polar surface area (TPSA) is 9.23 Å². The summed E-state index contributed by atoms with van der Waals surface area (Å²) in [6, 6.07) is 82.2. The lowest BCUT2D eigenvalue weighted by Crippen LogP contribution is -2.32. The van der Waals surface area contributed by atoms with E-state index in [1.54, 1.807) is 0 Å². The van der Waals surface area contributed by atoms with E-state index in [2.05, 4.69) is 218 Å². The number of ether oxygens (including phenoxy) is 1. The SMILES string of the molecule is c1ccc2c(c1)-c1ccccc1C21c2ccc3ccccc3c2Oc2c1cc(-c1ccc3c(c1)C1(c4ccccc4-3)c3ccccc3-c3cccc4cccc1c34)c1ccccc21. The van der Waals surface area contributed by atoms with Crippen molar-refractivity contribution < 1.29 is 4.74 Å². The maximum atomic E-state index is 7.42. The molecule has 0 N–H and O–H groups in total. The first-order chi connectivity index (χ1) is 31.3. The van der Waals surface area contributed by atoms with Crippen LogP contribution in [0.2, 0.25) is 0 Å². The van der Waals surface area contributed by atoms with Crippen molar-refractivity contribution >= 4 is 32.3 Å². The van der Waals surface area contributed by atoms with E-state index in [0.717, 1.165) is 22.3 Å². The van der Waals surface area contributed by atoms with E-state index in [4.69, 9.17) is 4.74 Å². The first-order valence-corrected chi connectivity index (χ1v) is 22.1. The van der Waals surface area contributed by atoms with Crippen molar-refractivity contribution in [3.05, 3.63) is 263 Å². The Morgan fingerprint density at radius 2 is 0.730 bits per heavy atom. The minimum atomic E-state index is -0.616. The Morgan fingerprint density at radius 3 is 1.41 bits per heavy atom. The van der Waals surface area contributed by atoms with Crippen LogP contribution in [0.3, 0.4) is 0 Å². The highest BCUT2D eigenvalue weighted by atomic mass is 16.5. The number of fused-ring (bicyclic) bond motifs is 22. The van der Waals surface area contributed by atoms with Crippen molar-refractivity contribution in [2.24, 2.45) is 0 Å². The minimum Gasteiger partial charge on any atom is -0.455 e. The molecular formula is C62H36O. The van der Waals surface area contributed by atoms with Crippen molar-refractivity contribution in [1.29, 1.82) is 0 Å². The van der Waals surface area contributed by atoms with Crippen LogP contribution in [-0.2, 0) is 10.8 Å². The smallest absolute Gasteiger partial charge is 0.140 e. The van der Waals surface area contributed by atoms with Crippen molar-refractivity contribution in [1.82, 2.24) is 0 Å². The molecule has 1 nitrogen and oxygen atoms in total. The monoisotopic (exact) mass is 796 g/mol. The highest BCUT2D eigenvalue weighted by Crippen LogP contribution is 2.66. The zero-order chi connectivity index (χ0) is 41.0. The van der Waals surface area contributed by atoms with Crippen LogP contribution in [0.15, 0.2) is 218 Å². The van der Waals surface area contributed by atoms with Gasteiger partial charge in [-0.1, -0.05) is 206 Å². The standard InChI is InChI=1S/C62H36O/c1-2-18-40-37(15-1)32-34-55-59(40)63-60-48-24-4-3-19-41(48)49(36-57(60)62(55)51-27-10-5-20-42(51)43-21-6-11-28-52(43)62)39-31-33-46-44-22-7-9-26-50(44)61(56(46)35-39)53-29-12-8-23-45(53)47-25-13-16-38-17-14-30-54(61)58(38)47/h1-36H. The van der Waals surface area contributed by atoms with Gasteiger partial charge in [0.1, 0.15) is 11.5 Å². The molecule has 0 aromatic heterocycles. The van der Waals surface area contributed by atoms with Gasteiger partial charge in [0.25, 0.3) is 0 Å². The molecule has 1 heterocycles. The molecule has 15 rings (SSSR count). The molecule has 4 aliphatic rings. The molecule has 11 aromatic carbocycles. The average molecular weight is 797 g/mol. The predicted molar refractivity (Wildman–Crippen MR) is 258 cm³/mol. The van der Waals surface area contributed by atoms with Crippen LogP contribution in [-0.4, -0.2) is 0 Å². The zero-order valence-electron chi connectivity index (χ0n) is 34.2. The fourth-order valence-electron chi connectivity index (χ4n) is 12.8. The summed E-state index contributed by atoms with van der Waals surface area (Å²) in [7, 11) is 0. The van der Waals surface area contributed by atoms with Gasteiger partial charge in [0.2, 0.25) is 0 Å². The lowest BCUT2D eigenvalue weighted by Gasteiger charge is -2.41. The van der Waals surface area contributed by atoms with E-state index in [9.17, 15) is 0 Å². The van der Waals surface area contributed by atoms with E-state index >= 15 is 0 Å². The summed E-state index contributed by atoms with van der Waals surface area (Å²) < 4.78 is 7.42. The van der Waals surface area contributed by atoms with Gasteiger partial charge in [-0.3, -0.25) is 0 Å². The zero-order valence-corrected chi connectivity index (χ0v) is 34.2. The molecule has 1 atom stereocenters. The first-order valence-electron chi connectivity index (χ1n) is 22.1. The molecule has 0 bridgehead atoms. The Kier molecular flexibility index (Phi) is 6.35. The van der Waals surface area contributed by atoms with Crippen molar-refractivity contribution in [2.45, 2.75) is 10.8 Å². The lowest BCUT2D eigenvalue weighted by atomic mass is 9.61. The Bertz CT molecular complexity index is 3800. The van der Waals surface area contributed by atoms with E-state index in [1.165, 1.54) is 111 Å². The first kappa shape index (κ1) is 33.7. The Balaban J connectivity index is 1.07. The number of benzene rings is 11. The van der Waals surface area contributed by atoms with Gasteiger partial charge in [-0.05, 0) is 112 Å². The van der Waals surface area contributed by atoms with Crippen molar-refractivity contribution in [3.8, 4) is 56.0 Å². The predicted octanol–water partition coefficient (Wildman–Crippen LogP) is 15.6. The van der Waals surface area contributed by atoms with Crippen molar-refractivity contribution in [3.63, 3.8) is 0 Å². The Morgan fingerprint density at radius 1 is 0.254 bits per heavy atom. The molecule has 0 saturated carbocycles. The summed E-state index contributed by atoms with van der Waals surface area (Å²) in [4.78, 5) is 0. The third kappa shape index (κ3) is 3.96. The molecule has 0 fully saturated rings. The molecule has 0 saturated heterocycles. The maximum absolute atomic E-state index is 7.42. The second-order valence-electron chi connectivity index (χ2n) is 17.8. The number of hydrogen-bond donors (Lipinski definition) is 0. The maximum Gasteiger partial charge on any atom is 0.140 e. The minimum absolute atomic E-state index is 0.510. The summed E-state index contributed by atoms with van der Waals surface area (Å²) in [5.74, 6) is 1.87. The van der Waals surface area contributed by atoms with E-state index < -0.39 is 10.8 Å². The summed E-state index contributed by atoms with van der Waals surface area (Å²) >= 11 is 0. The number of hydrogen-bond acceptors (Lipinski definition) is 1. The third-order valence-corrected chi connectivity index (χ3v) is 15.1. The number of rotatable bonds is 1. The molecule has 290 valence electrons. The summed E-state index contributed by atoms with van der Waals surface area (Å²) in [5.41, 5.74) is 19.3. The van der Waals surface area contributed by atoms with Crippen LogP contribution in [0.4, 0.5) is 0 Å². The second kappa shape index (κ2) is 11.9. The van der Waals surface area contributed by atoms with Crippen LogP contribution >= 0.6 is 0 Å². The van der Waals surface area contributed by atoms with Crippen LogP contribution in [0, 0.1) is 0 Å². The molecule has 11 aromatic rings. The molecular weight excluding hydrogens is 761 g/mol. The van der Waals surface area contributed by atoms with Crippen LogP contribution < -0.4 is 4.74 Å². The van der Waals surface area contributed by atoms with Gasteiger partial charge in [-0.25, -0.2) is 0 Å². The van der Waals surface area contributed by atoms with Crippen LogP contribution in [0.5, 0.6) is 11.5 Å². The molecule has 63 heavy (non-hydrogen) atoms. The van der Waals surface area contributed by atoms with Gasteiger partial charge in [0.05, 0.1) is 10.8 Å². The quantitative estimate of drug-likeness (QED) is 0.161. The summed E-state index contributed by atoms with van der Waals surface area (Å²) in [6.07, 6.45) is 0. The van der Waals surface area contributed by atoms with Gasteiger partial charge >= 0.3 is 0 Å². The lowest BCUT2D eigenvalue weighted by molar-refractivity contribution is 0.447. The average Bonchev–Trinajstić information content (AvgIpc) is 3.81. The van der Waals surface area contributed by atoms with Gasteiger partial charge in [-0.2, -0.15) is 0 Å². The molecule has 3 aliphatic carbocycles. The summed E-state index contributed by atoms with van der Waals surface area (Å²) in [6.45, 7) is 0. The van der Waals surface area contributed by atoms with E-state index in [1.807, 2.05) is 0 Å². The molecule has 0 radical (unpaired) electrons. The van der Waals surface area contributed by atoms with Gasteiger partial charge < -0.3 is 4.74 Å². The van der Waals surface area contributed by atoms with Gasteiger partial charge in [0, 0.05) is 21.9 Å². The highest BCUT2D eigenvalue weighted by Gasteiger charge is 2.53. The molecule has 1 aliphatic heterocycles. The fraction of sp³-hybridized carbons (Fsp3) is 0.0323. The fourth-order valence-corrected chi connectivity index (χ4v) is 12.8. The van der Waals surface area contributed by atoms with E-state index in [0.29, 0.717) is 0 Å². The van der Waals surface area contributed by atoms with Gasteiger partial charge in [0.15, 0.2) is 0 Å². The highest BCUT2D eigenvalue weighted by molar-refractivity contribution is 6.09. The molecule has 0 amide bonds. The van der Waals surface area contributed by atoms with Gasteiger partial charge in [-0.15, -0.1) is 0 Å². The molecule has 2 spiro atoms. The molecule has 1 unspecified atom stereocenters. The Hall–Kier alpha value is -8.00. The van der Waals surface area contributed by atoms with Crippen LogP contribution in [0.25, 0.3) is 76.8 Å². The largest absolute Gasteiger partial charge is 0.455 e. The second-order valence-corrected chi connectivity index (χ2v) is 17.8. The third-order valence-electron chi connectivity index (χ3n) is 15.1. The normalized spacial score (nSPS) is 16.3. The van der Waals surface area contributed by atoms with Crippen molar-refractivity contribution in [2.75, 3.05) is 0 Å².